The zero-order valence-electron chi connectivity index (χ0n) is 11.9. The van der Waals surface area contributed by atoms with Gasteiger partial charge in [-0.05, 0) is 6.42 Å². The van der Waals surface area contributed by atoms with E-state index in [2.05, 4.69) is 14.3 Å². The van der Waals surface area contributed by atoms with E-state index in [1.165, 1.54) is 0 Å². The van der Waals surface area contributed by atoms with Crippen LogP contribution in [0, 0.1) is 0 Å². The molecule has 0 saturated heterocycles. The van der Waals surface area contributed by atoms with Gasteiger partial charge < -0.3 is 10.8 Å². The van der Waals surface area contributed by atoms with Crippen molar-refractivity contribution in [2.24, 2.45) is 10.1 Å². The molecule has 7 nitrogen and oxygen atoms in total. The van der Waals surface area contributed by atoms with Crippen LogP contribution >= 0.6 is 0 Å². The van der Waals surface area contributed by atoms with Crippen molar-refractivity contribution < 1.29 is 27.3 Å². The van der Waals surface area contributed by atoms with E-state index in [0.29, 0.717) is 0 Å². The number of rotatable bonds is 4. The molecule has 2 heterocycles. The number of amides is 1. The zero-order valence-corrected chi connectivity index (χ0v) is 12.7. The summed E-state index contributed by atoms with van der Waals surface area (Å²) in [5.41, 5.74) is 1.41. The molecule has 3 atom stereocenters. The van der Waals surface area contributed by atoms with E-state index in [4.69, 9.17) is 5.73 Å². The second kappa shape index (κ2) is 6.13. The van der Waals surface area contributed by atoms with Crippen LogP contribution in [0.4, 0.5) is 13.2 Å². The molecule has 128 valence electrons. The second-order valence-electron chi connectivity index (χ2n) is 5.20. The molecule has 2 rings (SSSR count). The Balaban J connectivity index is 2.29. The third kappa shape index (κ3) is 3.67. The molecule has 0 bridgehead atoms. The lowest BCUT2D eigenvalue weighted by Crippen LogP contribution is -2.45. The van der Waals surface area contributed by atoms with Crippen molar-refractivity contribution in [2.75, 3.05) is 11.5 Å². The summed E-state index contributed by atoms with van der Waals surface area (Å²) >= 11 is 0. The maximum absolute atomic E-state index is 13.3. The third-order valence-electron chi connectivity index (χ3n) is 3.56. The van der Waals surface area contributed by atoms with E-state index in [1.54, 1.807) is 0 Å². The first kappa shape index (κ1) is 17.8. The van der Waals surface area contributed by atoms with Gasteiger partial charge in [-0.1, -0.05) is 0 Å². The molecule has 0 aromatic carbocycles. The number of aliphatic hydroxyl groups is 1. The highest BCUT2D eigenvalue weighted by Gasteiger charge is 2.56. The lowest BCUT2D eigenvalue weighted by Gasteiger charge is -2.30. The highest BCUT2D eigenvalue weighted by molar-refractivity contribution is 7.93. The molecule has 0 fully saturated rings. The van der Waals surface area contributed by atoms with Crippen molar-refractivity contribution in [3.63, 3.8) is 0 Å². The first-order valence-electron chi connectivity index (χ1n) is 6.65. The van der Waals surface area contributed by atoms with Crippen LogP contribution in [0.1, 0.15) is 18.5 Å². The van der Waals surface area contributed by atoms with E-state index in [1.807, 2.05) is 0 Å². The van der Waals surface area contributed by atoms with Gasteiger partial charge in [0.1, 0.15) is 0 Å². The topological polar surface area (TPSA) is 119 Å². The number of hydrogen-bond acceptors (Lipinski definition) is 6. The lowest BCUT2D eigenvalue weighted by atomic mass is 9.96. The van der Waals surface area contributed by atoms with Crippen LogP contribution in [0.2, 0.25) is 0 Å². The minimum atomic E-state index is -5.05. The first-order valence-corrected chi connectivity index (χ1v) is 8.50. The highest BCUT2D eigenvalue weighted by atomic mass is 32.2. The molecule has 1 aromatic heterocycles. The number of aromatic nitrogens is 2. The van der Waals surface area contributed by atoms with Crippen LogP contribution in [0.3, 0.4) is 0 Å². The number of carbonyl (C=O) groups excluding carboxylic acids is 1. The zero-order chi connectivity index (χ0) is 17.3. The molecular weight excluding hydrogens is 337 g/mol. The van der Waals surface area contributed by atoms with Crippen LogP contribution in [0.25, 0.3) is 0 Å². The fraction of sp³-hybridized carbons (Fsp3) is 0.583. The van der Waals surface area contributed by atoms with Crippen LogP contribution in [0.5, 0.6) is 0 Å². The molecule has 0 saturated carbocycles. The van der Waals surface area contributed by atoms with Crippen LogP contribution < -0.4 is 5.73 Å². The van der Waals surface area contributed by atoms with Crippen molar-refractivity contribution in [2.45, 2.75) is 30.7 Å². The van der Waals surface area contributed by atoms with Gasteiger partial charge in [0, 0.05) is 30.3 Å². The minimum absolute atomic E-state index is 0.0801. The van der Waals surface area contributed by atoms with Gasteiger partial charge in [-0.2, -0.15) is 17.5 Å². The molecule has 1 aromatic rings. The first-order chi connectivity index (χ1) is 10.6. The number of alkyl halides is 3. The van der Waals surface area contributed by atoms with Gasteiger partial charge in [0.2, 0.25) is 5.60 Å². The molecule has 1 aliphatic heterocycles. The van der Waals surface area contributed by atoms with E-state index >= 15 is 0 Å². The monoisotopic (exact) mass is 352 g/mol. The van der Waals surface area contributed by atoms with Gasteiger partial charge in [0.15, 0.2) is 0 Å². The summed E-state index contributed by atoms with van der Waals surface area (Å²) in [4.78, 5) is 18.4. The average Bonchev–Trinajstić information content (AvgIpc) is 2.49. The lowest BCUT2D eigenvalue weighted by molar-refractivity contribution is -0.269. The Kier molecular flexibility index (Phi) is 4.74. The number of carbonyl (C=O) groups is 1. The summed E-state index contributed by atoms with van der Waals surface area (Å²) in [6.07, 6.45) is -2.94. The number of hydrogen-bond donors (Lipinski definition) is 2. The van der Waals surface area contributed by atoms with Gasteiger partial charge >= 0.3 is 6.18 Å². The summed E-state index contributed by atoms with van der Waals surface area (Å²) in [6.45, 7) is 0. The Hall–Kier alpha value is -1.59. The maximum Gasteiger partial charge on any atom is 0.423 e. The smallest absolute Gasteiger partial charge is 0.375 e. The molecule has 0 aliphatic carbocycles. The average molecular weight is 352 g/mol. The van der Waals surface area contributed by atoms with Crippen molar-refractivity contribution >= 4 is 15.6 Å². The summed E-state index contributed by atoms with van der Waals surface area (Å²) in [5.74, 6) is -1.48. The van der Waals surface area contributed by atoms with Crippen LogP contribution in [0.15, 0.2) is 23.0 Å². The number of halogens is 3. The molecule has 1 aliphatic rings. The van der Waals surface area contributed by atoms with Gasteiger partial charge in [-0.3, -0.25) is 14.8 Å². The van der Waals surface area contributed by atoms with E-state index < -0.39 is 51.3 Å². The summed E-state index contributed by atoms with van der Waals surface area (Å²) < 4.78 is 55.7. The van der Waals surface area contributed by atoms with Crippen molar-refractivity contribution in [3.05, 3.63) is 24.3 Å². The van der Waals surface area contributed by atoms with Crippen molar-refractivity contribution in [3.8, 4) is 0 Å². The fourth-order valence-corrected chi connectivity index (χ4v) is 4.18. The van der Waals surface area contributed by atoms with Crippen molar-refractivity contribution in [1.82, 2.24) is 9.97 Å². The molecule has 11 heteroatoms. The standard InChI is InChI=1S/C12H15F3N4O3S/c13-12(14,15)11(21,9-7-17-3-4-18-9)2-6-23(22)5-1-8(16)10(20)19-23/h3-4,7-8,21H,1-2,5-6,16H2/t8-,11?,23?/m0/s1. The summed E-state index contributed by atoms with van der Waals surface area (Å²) in [5, 5.41) is 10.1. The quantitative estimate of drug-likeness (QED) is 0.807. The fourth-order valence-electron chi connectivity index (χ4n) is 2.09. The van der Waals surface area contributed by atoms with Gasteiger partial charge in [0.25, 0.3) is 5.91 Å². The number of nitrogens with two attached hydrogens (primary N) is 1. The minimum Gasteiger partial charge on any atom is -0.375 e. The van der Waals surface area contributed by atoms with Gasteiger partial charge in [-0.25, -0.2) is 4.21 Å². The van der Waals surface area contributed by atoms with E-state index in [-0.39, 0.29) is 12.2 Å². The Bertz CT molecular complexity index is 703. The molecule has 23 heavy (non-hydrogen) atoms. The largest absolute Gasteiger partial charge is 0.423 e. The third-order valence-corrected chi connectivity index (χ3v) is 5.79. The molecule has 1 amide bonds. The highest BCUT2D eigenvalue weighted by Crippen LogP contribution is 2.41. The summed E-state index contributed by atoms with van der Waals surface area (Å²) in [6, 6.07) is -0.883. The molecule has 0 spiro atoms. The van der Waals surface area contributed by atoms with Crippen molar-refractivity contribution in [1.29, 1.82) is 0 Å². The Morgan fingerprint density at radius 3 is 2.61 bits per heavy atom. The van der Waals surface area contributed by atoms with Gasteiger partial charge in [0.05, 0.1) is 27.7 Å². The Morgan fingerprint density at radius 2 is 2.09 bits per heavy atom. The predicted molar refractivity (Wildman–Crippen MR) is 74.5 cm³/mol. The SMILES string of the molecule is N[C@H]1CCS(=O)(CCC(O)(c2cnccn2)C(F)(F)F)=NC1=O. The molecule has 3 N–H and O–H groups in total. The normalized spacial score (nSPS) is 28.0. The Labute approximate surface area is 130 Å². The summed E-state index contributed by atoms with van der Waals surface area (Å²) in [7, 11) is -3.19. The molecule has 2 unspecified atom stereocenters. The predicted octanol–water partition coefficient (Wildman–Crippen LogP) is 0.342. The number of nitrogens with zero attached hydrogens (tertiary/aromatic N) is 3. The Morgan fingerprint density at radius 1 is 1.39 bits per heavy atom. The van der Waals surface area contributed by atoms with Gasteiger partial charge in [-0.15, -0.1) is 0 Å². The maximum atomic E-state index is 13.3. The molecular formula is C12H15F3N4O3S. The molecule has 0 radical (unpaired) electrons. The van der Waals surface area contributed by atoms with Crippen LogP contribution in [-0.2, 0) is 20.1 Å². The van der Waals surface area contributed by atoms with Crippen LogP contribution in [-0.4, -0.2) is 48.9 Å². The van der Waals surface area contributed by atoms with E-state index in [9.17, 15) is 27.3 Å². The van der Waals surface area contributed by atoms with E-state index in [0.717, 1.165) is 18.6 Å². The second-order valence-corrected chi connectivity index (χ2v) is 7.75.